The molecule has 27 heavy (non-hydrogen) atoms. The van der Waals surface area contributed by atoms with Crippen LogP contribution in [0.5, 0.6) is 0 Å². The number of hydrazone groups is 1. The Morgan fingerprint density at radius 2 is 1.74 bits per heavy atom. The molecular weight excluding hydrogens is 380 g/mol. The Bertz CT molecular complexity index is 897. The Morgan fingerprint density at radius 1 is 1.11 bits per heavy atom. The molecule has 2 aromatic carbocycles. The van der Waals surface area contributed by atoms with E-state index >= 15 is 0 Å². The molecule has 1 heterocycles. The first-order valence-corrected chi connectivity index (χ1v) is 10.3. The van der Waals surface area contributed by atoms with Crippen molar-refractivity contribution in [2.24, 2.45) is 5.10 Å². The highest BCUT2D eigenvalue weighted by atomic mass is 35.5. The van der Waals surface area contributed by atoms with Gasteiger partial charge in [-0.3, -0.25) is 4.79 Å². The molecule has 1 aliphatic rings. The summed E-state index contributed by atoms with van der Waals surface area (Å²) in [5.41, 5.74) is 5.60. The van der Waals surface area contributed by atoms with Gasteiger partial charge in [-0.1, -0.05) is 56.6 Å². The lowest BCUT2D eigenvalue weighted by Crippen LogP contribution is -2.19. The van der Waals surface area contributed by atoms with Gasteiger partial charge < -0.3 is 4.55 Å². The number of benzene rings is 2. The number of carbonyl (C=O) groups is 1. The van der Waals surface area contributed by atoms with Gasteiger partial charge >= 0.3 is 0 Å². The summed E-state index contributed by atoms with van der Waals surface area (Å²) >= 11 is 4.56. The molecule has 1 N–H and O–H groups in total. The van der Waals surface area contributed by atoms with Gasteiger partial charge in [-0.25, -0.2) is 5.43 Å². The topological polar surface area (TPSA) is 64.5 Å². The van der Waals surface area contributed by atoms with E-state index in [2.05, 4.69) is 43.4 Å². The predicted molar refractivity (Wildman–Crippen MR) is 111 cm³/mol. The number of rotatable bonds is 4. The van der Waals surface area contributed by atoms with E-state index in [-0.39, 0.29) is 17.1 Å². The molecule has 1 aliphatic heterocycles. The Labute approximate surface area is 167 Å². The molecule has 0 spiro atoms. The molecule has 1 amide bonds. The van der Waals surface area contributed by atoms with Gasteiger partial charge in [0.1, 0.15) is 5.71 Å². The molecule has 1 unspecified atom stereocenters. The SMILES string of the molecule is CC(C)(C)c1ccc(C=C2C(=O)NN=C2C[S+]([O-])c2ccc(Cl)cc2)cc1. The zero-order valence-electron chi connectivity index (χ0n) is 15.5. The van der Waals surface area contributed by atoms with Crippen LogP contribution in [0.1, 0.15) is 31.9 Å². The molecule has 4 nitrogen and oxygen atoms in total. The van der Waals surface area contributed by atoms with Crippen molar-refractivity contribution in [1.29, 1.82) is 0 Å². The number of nitrogens with zero attached hydrogens (tertiary/aromatic N) is 1. The second-order valence-electron chi connectivity index (χ2n) is 7.37. The largest absolute Gasteiger partial charge is 0.611 e. The predicted octanol–water partition coefficient (Wildman–Crippen LogP) is 4.31. The van der Waals surface area contributed by atoms with E-state index in [1.807, 2.05) is 12.1 Å². The zero-order valence-corrected chi connectivity index (χ0v) is 17.0. The summed E-state index contributed by atoms with van der Waals surface area (Å²) < 4.78 is 12.6. The third-order valence-corrected chi connectivity index (χ3v) is 5.87. The van der Waals surface area contributed by atoms with Crippen LogP contribution >= 0.6 is 11.6 Å². The molecule has 1 atom stereocenters. The number of amides is 1. The number of hydrogen-bond acceptors (Lipinski definition) is 3. The van der Waals surface area contributed by atoms with Crippen molar-refractivity contribution in [3.8, 4) is 0 Å². The van der Waals surface area contributed by atoms with Gasteiger partial charge in [-0.15, -0.1) is 0 Å². The lowest BCUT2D eigenvalue weighted by Gasteiger charge is -2.18. The quantitative estimate of drug-likeness (QED) is 0.613. The minimum Gasteiger partial charge on any atom is -0.611 e. The molecule has 3 rings (SSSR count). The van der Waals surface area contributed by atoms with Crippen LogP contribution < -0.4 is 5.43 Å². The highest BCUT2D eigenvalue weighted by Gasteiger charge is 2.27. The number of halogens is 1. The van der Waals surface area contributed by atoms with E-state index in [0.717, 1.165) is 5.56 Å². The van der Waals surface area contributed by atoms with Gasteiger partial charge in [0.05, 0.1) is 5.57 Å². The first kappa shape index (κ1) is 19.7. The minimum absolute atomic E-state index is 0.0680. The Balaban J connectivity index is 1.79. The van der Waals surface area contributed by atoms with Gasteiger partial charge in [0.2, 0.25) is 0 Å². The minimum atomic E-state index is -1.31. The normalized spacial score (nSPS) is 17.0. The van der Waals surface area contributed by atoms with E-state index < -0.39 is 11.2 Å². The summed E-state index contributed by atoms with van der Waals surface area (Å²) in [6, 6.07) is 14.9. The van der Waals surface area contributed by atoms with E-state index in [4.69, 9.17) is 11.6 Å². The van der Waals surface area contributed by atoms with Gasteiger partial charge in [-0.05, 0) is 58.1 Å². The van der Waals surface area contributed by atoms with E-state index in [1.54, 1.807) is 30.3 Å². The highest BCUT2D eigenvalue weighted by molar-refractivity contribution is 7.92. The van der Waals surface area contributed by atoms with E-state index in [9.17, 15) is 9.35 Å². The molecule has 0 bridgehead atoms. The van der Waals surface area contributed by atoms with Crippen LogP contribution in [0.2, 0.25) is 5.02 Å². The van der Waals surface area contributed by atoms with Crippen molar-refractivity contribution in [2.45, 2.75) is 31.1 Å². The Hall–Kier alpha value is -2.08. The number of hydrogen-bond donors (Lipinski definition) is 1. The number of nitrogens with one attached hydrogen (secondary N) is 1. The van der Waals surface area contributed by atoms with Crippen molar-refractivity contribution < 1.29 is 9.35 Å². The lowest BCUT2D eigenvalue weighted by atomic mass is 9.86. The van der Waals surface area contributed by atoms with Crippen LogP contribution in [0.4, 0.5) is 0 Å². The molecule has 6 heteroatoms. The first-order valence-electron chi connectivity index (χ1n) is 8.57. The molecule has 2 aromatic rings. The fourth-order valence-corrected chi connectivity index (χ4v) is 3.87. The van der Waals surface area contributed by atoms with Crippen molar-refractivity contribution >= 4 is 40.5 Å². The molecule has 0 fully saturated rings. The van der Waals surface area contributed by atoms with Crippen molar-refractivity contribution in [1.82, 2.24) is 5.43 Å². The lowest BCUT2D eigenvalue weighted by molar-refractivity contribution is -0.116. The van der Waals surface area contributed by atoms with Crippen LogP contribution in [0.15, 0.2) is 64.1 Å². The van der Waals surface area contributed by atoms with Crippen molar-refractivity contribution in [3.05, 3.63) is 70.3 Å². The third kappa shape index (κ3) is 4.80. The number of carbonyl (C=O) groups excluding carboxylic acids is 1. The zero-order chi connectivity index (χ0) is 19.6. The van der Waals surface area contributed by atoms with Crippen LogP contribution in [-0.4, -0.2) is 21.9 Å². The first-order chi connectivity index (χ1) is 12.7. The van der Waals surface area contributed by atoms with Crippen LogP contribution in [0.25, 0.3) is 6.08 Å². The summed E-state index contributed by atoms with van der Waals surface area (Å²) in [4.78, 5) is 12.8. The Morgan fingerprint density at radius 3 is 2.33 bits per heavy atom. The monoisotopic (exact) mass is 400 g/mol. The summed E-state index contributed by atoms with van der Waals surface area (Å²) in [6.45, 7) is 6.46. The molecular formula is C21H21ClN2O2S. The van der Waals surface area contributed by atoms with Crippen molar-refractivity contribution in [3.63, 3.8) is 0 Å². The maximum atomic E-state index is 12.6. The fourth-order valence-electron chi connectivity index (χ4n) is 2.67. The summed E-state index contributed by atoms with van der Waals surface area (Å²) in [6.07, 6.45) is 1.78. The molecule has 0 aliphatic carbocycles. The van der Waals surface area contributed by atoms with E-state index in [0.29, 0.717) is 21.2 Å². The third-order valence-electron chi connectivity index (χ3n) is 4.28. The van der Waals surface area contributed by atoms with Crippen LogP contribution in [-0.2, 0) is 21.4 Å². The van der Waals surface area contributed by atoms with Gasteiger partial charge in [-0.2, -0.15) is 5.10 Å². The van der Waals surface area contributed by atoms with Crippen LogP contribution in [0, 0.1) is 0 Å². The maximum Gasteiger partial charge on any atom is 0.273 e. The smallest absolute Gasteiger partial charge is 0.273 e. The molecule has 140 valence electrons. The van der Waals surface area contributed by atoms with Crippen molar-refractivity contribution in [2.75, 3.05) is 5.75 Å². The molecule has 0 radical (unpaired) electrons. The highest BCUT2D eigenvalue weighted by Crippen LogP contribution is 2.24. The van der Waals surface area contributed by atoms with E-state index in [1.165, 1.54) is 5.56 Å². The summed E-state index contributed by atoms with van der Waals surface area (Å²) in [5, 5.41) is 4.65. The van der Waals surface area contributed by atoms with Gasteiger partial charge in [0, 0.05) is 5.02 Å². The standard InChI is InChI=1S/C21H21ClN2O2S/c1-21(2,3)15-6-4-14(5-7-15)12-18-19(23-24-20(18)25)13-27(26)17-10-8-16(22)9-11-17/h4-12H,13H2,1-3H3,(H,24,25). The van der Waals surface area contributed by atoms with Gasteiger partial charge in [0.15, 0.2) is 10.6 Å². The summed E-state index contributed by atoms with van der Waals surface area (Å²) in [7, 11) is 0. The molecule has 0 saturated heterocycles. The Kier molecular flexibility index (Phi) is 5.75. The van der Waals surface area contributed by atoms with Gasteiger partial charge in [0.25, 0.3) is 5.91 Å². The average Bonchev–Trinajstić information content (AvgIpc) is 2.95. The van der Waals surface area contributed by atoms with Crippen LogP contribution in [0.3, 0.4) is 0 Å². The molecule has 0 saturated carbocycles. The average molecular weight is 401 g/mol. The molecule has 0 aromatic heterocycles. The second-order valence-corrected chi connectivity index (χ2v) is 9.26. The second kappa shape index (κ2) is 7.89. The fraction of sp³-hybridized carbons (Fsp3) is 0.238. The maximum absolute atomic E-state index is 12.6. The summed E-state index contributed by atoms with van der Waals surface area (Å²) in [5.74, 6) is -0.121.